The largest absolute Gasteiger partial charge is 0.492 e. The summed E-state index contributed by atoms with van der Waals surface area (Å²) in [6.45, 7) is 12.4. The number of nitrogens with one attached hydrogen (secondary N) is 1. The Balaban J connectivity index is 1.02. The van der Waals surface area contributed by atoms with Gasteiger partial charge in [0.2, 0.25) is 0 Å². The van der Waals surface area contributed by atoms with Crippen LogP contribution in [0.4, 0.5) is 13.2 Å². The Morgan fingerprint density at radius 2 is 1.44 bits per heavy atom. The molecule has 45 heavy (non-hydrogen) atoms. The molecule has 0 amide bonds. The lowest BCUT2D eigenvalue weighted by molar-refractivity contribution is -0.151. The summed E-state index contributed by atoms with van der Waals surface area (Å²) in [5, 5.41) is 3.59. The number of hydrogen-bond donors (Lipinski definition) is 1. The topological polar surface area (TPSA) is 60.0 Å². The van der Waals surface area contributed by atoms with E-state index < -0.39 is 23.8 Å². The number of alkyl halides is 3. The standard InChI is InChI=1S/C36H43F3N2O4/c1-5-43-34(42)32(45-29-16-12-26(13-17-29)35(2,3)4)20-24-8-14-28(15-9-24)44-19-18-40-33-30-22-41(23-31(30)33)21-25-6-10-27(11-7-25)36(37,38)39/h6-17,30-33,40H,5,18-23H2,1-4H3/t30-,31+,32-,33?/m0/s1. The third-order valence-corrected chi connectivity index (χ3v) is 8.60. The zero-order valence-corrected chi connectivity index (χ0v) is 26.4. The molecule has 1 heterocycles. The summed E-state index contributed by atoms with van der Waals surface area (Å²) in [6.07, 6.45) is -4.68. The van der Waals surface area contributed by atoms with Gasteiger partial charge >= 0.3 is 12.1 Å². The van der Waals surface area contributed by atoms with Crippen LogP contribution in [0.2, 0.25) is 0 Å². The average molecular weight is 625 g/mol. The van der Waals surface area contributed by atoms with Gasteiger partial charge in [-0.05, 0) is 77.3 Å². The highest BCUT2D eigenvalue weighted by Crippen LogP contribution is 2.45. The van der Waals surface area contributed by atoms with E-state index in [9.17, 15) is 18.0 Å². The zero-order chi connectivity index (χ0) is 32.2. The van der Waals surface area contributed by atoms with Gasteiger partial charge in [-0.25, -0.2) is 4.79 Å². The molecule has 3 aromatic rings. The highest BCUT2D eigenvalue weighted by Gasteiger charge is 2.55. The van der Waals surface area contributed by atoms with Crippen molar-refractivity contribution < 1.29 is 32.2 Å². The van der Waals surface area contributed by atoms with Crippen molar-refractivity contribution in [3.8, 4) is 11.5 Å². The Bertz CT molecular complexity index is 1390. The summed E-state index contributed by atoms with van der Waals surface area (Å²) in [5.74, 6) is 2.14. The van der Waals surface area contributed by atoms with Crippen LogP contribution in [-0.2, 0) is 34.1 Å². The molecule has 0 spiro atoms. The molecule has 1 saturated heterocycles. The summed E-state index contributed by atoms with van der Waals surface area (Å²) >= 11 is 0. The van der Waals surface area contributed by atoms with E-state index in [1.54, 1.807) is 19.1 Å². The van der Waals surface area contributed by atoms with E-state index in [1.165, 1.54) is 5.56 Å². The van der Waals surface area contributed by atoms with Crippen LogP contribution in [0.3, 0.4) is 0 Å². The van der Waals surface area contributed by atoms with Gasteiger partial charge < -0.3 is 19.5 Å². The summed E-state index contributed by atoms with van der Waals surface area (Å²) < 4.78 is 55.7. The van der Waals surface area contributed by atoms with Crippen molar-refractivity contribution in [3.05, 3.63) is 95.1 Å². The molecule has 1 N–H and O–H groups in total. The van der Waals surface area contributed by atoms with Crippen LogP contribution in [-0.4, -0.2) is 55.9 Å². The van der Waals surface area contributed by atoms with Gasteiger partial charge in [0, 0.05) is 38.6 Å². The number of esters is 1. The van der Waals surface area contributed by atoms with Crippen LogP contribution >= 0.6 is 0 Å². The maximum atomic E-state index is 12.8. The molecule has 1 aliphatic carbocycles. The molecule has 0 bridgehead atoms. The molecule has 3 aromatic carbocycles. The Hall–Kier alpha value is -3.56. The average Bonchev–Trinajstić information content (AvgIpc) is 3.44. The van der Waals surface area contributed by atoms with E-state index in [1.807, 2.05) is 48.5 Å². The van der Waals surface area contributed by atoms with Crippen LogP contribution in [0.1, 0.15) is 49.9 Å². The van der Waals surface area contributed by atoms with Gasteiger partial charge in [0.25, 0.3) is 0 Å². The van der Waals surface area contributed by atoms with E-state index in [2.05, 4.69) is 31.0 Å². The van der Waals surface area contributed by atoms with E-state index in [0.29, 0.717) is 43.2 Å². The summed E-state index contributed by atoms with van der Waals surface area (Å²) in [7, 11) is 0. The zero-order valence-electron chi connectivity index (χ0n) is 26.4. The molecule has 4 atom stereocenters. The van der Waals surface area contributed by atoms with E-state index in [0.717, 1.165) is 48.6 Å². The number of carbonyl (C=O) groups excluding carboxylic acids is 1. The Morgan fingerprint density at radius 3 is 2.02 bits per heavy atom. The predicted molar refractivity (Wildman–Crippen MR) is 167 cm³/mol. The molecule has 5 rings (SSSR count). The predicted octanol–water partition coefficient (Wildman–Crippen LogP) is 6.65. The minimum Gasteiger partial charge on any atom is -0.492 e. The number of piperidine rings is 1. The van der Waals surface area contributed by atoms with Crippen LogP contribution in [0.5, 0.6) is 11.5 Å². The number of benzene rings is 3. The number of fused-ring (bicyclic) bond motifs is 1. The van der Waals surface area contributed by atoms with Crippen molar-refractivity contribution in [2.75, 3.05) is 32.8 Å². The first kappa shape index (κ1) is 32.8. The molecule has 6 nitrogen and oxygen atoms in total. The van der Waals surface area contributed by atoms with Crippen LogP contribution in [0.25, 0.3) is 0 Å². The third kappa shape index (κ3) is 8.79. The molecular weight excluding hydrogens is 581 g/mol. The summed E-state index contributed by atoms with van der Waals surface area (Å²) in [5.41, 5.74) is 2.46. The molecule has 9 heteroatoms. The summed E-state index contributed by atoms with van der Waals surface area (Å²) in [6, 6.07) is 21.5. The number of hydrogen-bond acceptors (Lipinski definition) is 6. The third-order valence-electron chi connectivity index (χ3n) is 8.60. The van der Waals surface area contributed by atoms with Crippen molar-refractivity contribution in [1.29, 1.82) is 0 Å². The fourth-order valence-corrected chi connectivity index (χ4v) is 6.04. The van der Waals surface area contributed by atoms with Gasteiger partial charge in [0.15, 0.2) is 6.10 Å². The second kappa shape index (κ2) is 13.8. The van der Waals surface area contributed by atoms with Gasteiger partial charge in [-0.2, -0.15) is 13.2 Å². The number of ether oxygens (including phenoxy) is 3. The molecule has 2 aliphatic rings. The molecule has 0 radical (unpaired) electrons. The van der Waals surface area contributed by atoms with Gasteiger partial charge in [-0.1, -0.05) is 57.2 Å². The lowest BCUT2D eigenvalue weighted by atomic mass is 9.87. The van der Waals surface area contributed by atoms with Crippen LogP contribution in [0.15, 0.2) is 72.8 Å². The Morgan fingerprint density at radius 1 is 0.867 bits per heavy atom. The van der Waals surface area contributed by atoms with Gasteiger partial charge in [-0.15, -0.1) is 0 Å². The molecule has 1 unspecified atom stereocenters. The first-order valence-corrected chi connectivity index (χ1v) is 15.7. The second-order valence-corrected chi connectivity index (χ2v) is 13.0. The van der Waals surface area contributed by atoms with Crippen LogP contribution in [0, 0.1) is 11.8 Å². The molecule has 2 fully saturated rings. The molecule has 242 valence electrons. The first-order valence-electron chi connectivity index (χ1n) is 15.7. The fourth-order valence-electron chi connectivity index (χ4n) is 6.04. The lowest BCUT2D eigenvalue weighted by Gasteiger charge is -2.21. The number of rotatable bonds is 13. The minimum atomic E-state index is -4.30. The summed E-state index contributed by atoms with van der Waals surface area (Å²) in [4.78, 5) is 15.0. The van der Waals surface area contributed by atoms with Gasteiger partial charge in [0.1, 0.15) is 18.1 Å². The van der Waals surface area contributed by atoms with E-state index >= 15 is 0 Å². The first-order chi connectivity index (χ1) is 21.4. The monoisotopic (exact) mass is 624 g/mol. The van der Waals surface area contributed by atoms with Crippen molar-refractivity contribution >= 4 is 5.97 Å². The van der Waals surface area contributed by atoms with Crippen molar-refractivity contribution in [1.82, 2.24) is 10.2 Å². The number of likely N-dealkylation sites (tertiary alicyclic amines) is 1. The van der Waals surface area contributed by atoms with Crippen molar-refractivity contribution in [2.24, 2.45) is 11.8 Å². The number of carbonyl (C=O) groups is 1. The highest BCUT2D eigenvalue weighted by atomic mass is 19.4. The maximum absolute atomic E-state index is 12.8. The quantitative estimate of drug-likeness (QED) is 0.170. The van der Waals surface area contributed by atoms with E-state index in [-0.39, 0.29) is 12.0 Å². The Kier molecular flexibility index (Phi) is 10.1. The van der Waals surface area contributed by atoms with Crippen molar-refractivity contribution in [3.63, 3.8) is 0 Å². The normalized spacial score (nSPS) is 20.4. The van der Waals surface area contributed by atoms with Crippen molar-refractivity contribution in [2.45, 2.75) is 64.4 Å². The molecular formula is C36H43F3N2O4. The van der Waals surface area contributed by atoms with Gasteiger partial charge in [-0.3, -0.25) is 4.90 Å². The number of nitrogens with zero attached hydrogens (tertiary/aromatic N) is 1. The van der Waals surface area contributed by atoms with E-state index in [4.69, 9.17) is 14.2 Å². The van der Waals surface area contributed by atoms with Gasteiger partial charge in [0.05, 0.1) is 12.2 Å². The second-order valence-electron chi connectivity index (χ2n) is 13.0. The fraction of sp³-hybridized carbons (Fsp3) is 0.472. The lowest BCUT2D eigenvalue weighted by Crippen LogP contribution is -2.33. The SMILES string of the molecule is CCOC(=O)[C@H](Cc1ccc(OCCNC2[C@H]3CN(Cc4ccc(C(F)(F)F)cc4)C[C@@H]23)cc1)Oc1ccc(C(C)(C)C)cc1. The van der Waals surface area contributed by atoms with Crippen LogP contribution < -0.4 is 14.8 Å². The highest BCUT2D eigenvalue weighted by molar-refractivity contribution is 5.75. The molecule has 1 aliphatic heterocycles. The minimum absolute atomic E-state index is 0.0288. The smallest absolute Gasteiger partial charge is 0.416 e. The molecule has 1 saturated carbocycles. The number of halogens is 3. The Labute approximate surface area is 263 Å². The molecule has 0 aromatic heterocycles. The maximum Gasteiger partial charge on any atom is 0.416 e.